The molecule has 1 amide bonds. The summed E-state index contributed by atoms with van der Waals surface area (Å²) in [7, 11) is 0. The molecule has 0 radical (unpaired) electrons. The molecule has 2 aromatic rings. The Hall–Kier alpha value is -1.52. The van der Waals surface area contributed by atoms with Crippen molar-refractivity contribution in [1.29, 1.82) is 0 Å². The Morgan fingerprint density at radius 3 is 2.82 bits per heavy atom. The molecule has 1 aromatic carbocycles. The summed E-state index contributed by atoms with van der Waals surface area (Å²) in [6.45, 7) is 5.42. The first-order chi connectivity index (χ1) is 10.5. The number of amides is 1. The van der Waals surface area contributed by atoms with Gasteiger partial charge in [0, 0.05) is 23.0 Å². The van der Waals surface area contributed by atoms with Crippen LogP contribution in [-0.4, -0.2) is 24.0 Å². The smallest absolute Gasteiger partial charge is 0.260 e. The van der Waals surface area contributed by atoms with Gasteiger partial charge in [-0.25, -0.2) is 0 Å². The van der Waals surface area contributed by atoms with E-state index in [2.05, 4.69) is 11.4 Å². The van der Waals surface area contributed by atoms with E-state index in [0.29, 0.717) is 11.6 Å². The monoisotopic (exact) mass is 335 g/mol. The summed E-state index contributed by atoms with van der Waals surface area (Å²) in [5, 5.41) is 2.78. The number of carbonyl (C=O) groups is 1. The number of thiophene rings is 1. The van der Waals surface area contributed by atoms with Crippen LogP contribution in [0.2, 0.25) is 5.02 Å². The van der Waals surface area contributed by atoms with E-state index in [1.165, 1.54) is 10.4 Å². The Balaban J connectivity index is 1.64. The molecule has 2 heterocycles. The molecule has 0 bridgehead atoms. The van der Waals surface area contributed by atoms with E-state index < -0.39 is 0 Å². The lowest BCUT2D eigenvalue weighted by atomic mass is 10.1. The van der Waals surface area contributed by atoms with Gasteiger partial charge in [-0.1, -0.05) is 11.6 Å². The van der Waals surface area contributed by atoms with E-state index >= 15 is 0 Å². The fraction of sp³-hybridized carbons (Fsp3) is 0.353. The fourth-order valence-corrected chi connectivity index (χ4v) is 4.03. The molecule has 5 heteroatoms. The molecule has 0 saturated carbocycles. The predicted molar refractivity (Wildman–Crippen MR) is 89.9 cm³/mol. The number of benzene rings is 1. The highest BCUT2D eigenvalue weighted by Gasteiger charge is 2.22. The van der Waals surface area contributed by atoms with Gasteiger partial charge in [-0.3, -0.25) is 4.79 Å². The summed E-state index contributed by atoms with van der Waals surface area (Å²) in [6.07, 6.45) is 0.942. The van der Waals surface area contributed by atoms with Crippen molar-refractivity contribution < 1.29 is 9.53 Å². The number of ether oxygens (including phenoxy) is 1. The maximum atomic E-state index is 12.4. The van der Waals surface area contributed by atoms with E-state index in [1.54, 1.807) is 11.3 Å². The minimum atomic E-state index is 0.0330. The first-order valence-electron chi connectivity index (χ1n) is 7.27. The topological polar surface area (TPSA) is 29.5 Å². The third kappa shape index (κ3) is 3.13. The van der Waals surface area contributed by atoms with Crippen LogP contribution in [0, 0.1) is 13.8 Å². The molecule has 1 aliphatic rings. The van der Waals surface area contributed by atoms with Gasteiger partial charge in [0.1, 0.15) is 5.75 Å². The van der Waals surface area contributed by atoms with Crippen molar-refractivity contribution in [3.63, 3.8) is 0 Å². The second-order valence-electron chi connectivity index (χ2n) is 5.59. The molecular weight excluding hydrogens is 318 g/mol. The molecule has 0 aliphatic carbocycles. The Bertz CT molecular complexity index is 687. The zero-order chi connectivity index (χ0) is 15.7. The van der Waals surface area contributed by atoms with E-state index in [9.17, 15) is 4.79 Å². The van der Waals surface area contributed by atoms with Crippen LogP contribution in [-0.2, 0) is 17.8 Å². The highest BCUT2D eigenvalue weighted by atomic mass is 35.5. The maximum Gasteiger partial charge on any atom is 0.260 e. The Morgan fingerprint density at radius 1 is 1.36 bits per heavy atom. The van der Waals surface area contributed by atoms with Gasteiger partial charge >= 0.3 is 0 Å². The molecule has 0 atom stereocenters. The van der Waals surface area contributed by atoms with Crippen LogP contribution >= 0.6 is 22.9 Å². The van der Waals surface area contributed by atoms with Gasteiger partial charge in [0.15, 0.2) is 6.61 Å². The van der Waals surface area contributed by atoms with Gasteiger partial charge < -0.3 is 9.64 Å². The Labute approximate surface area is 139 Å². The molecule has 0 unspecified atom stereocenters. The van der Waals surface area contributed by atoms with E-state index in [0.717, 1.165) is 29.8 Å². The van der Waals surface area contributed by atoms with Crippen molar-refractivity contribution in [2.24, 2.45) is 0 Å². The molecule has 116 valence electrons. The molecule has 0 saturated heterocycles. The molecule has 1 aliphatic heterocycles. The lowest BCUT2D eigenvalue weighted by Gasteiger charge is -2.27. The number of carbonyl (C=O) groups excluding carboxylic acids is 1. The van der Waals surface area contributed by atoms with Crippen LogP contribution in [0.4, 0.5) is 0 Å². The van der Waals surface area contributed by atoms with Crippen molar-refractivity contribution in [3.8, 4) is 5.75 Å². The summed E-state index contributed by atoms with van der Waals surface area (Å²) in [5.41, 5.74) is 3.18. The van der Waals surface area contributed by atoms with Crippen LogP contribution in [0.5, 0.6) is 5.75 Å². The number of hydrogen-bond acceptors (Lipinski definition) is 3. The molecule has 0 fully saturated rings. The molecular formula is C17H18ClNO2S. The summed E-state index contributed by atoms with van der Waals surface area (Å²) in [5.74, 6) is 0.789. The van der Waals surface area contributed by atoms with Gasteiger partial charge in [0.2, 0.25) is 0 Å². The number of nitrogens with zero attached hydrogens (tertiary/aromatic N) is 1. The maximum absolute atomic E-state index is 12.4. The SMILES string of the molecule is Cc1cc(Cl)cc(C)c1OCC(=O)N1CCc2sccc2C1. The second-order valence-corrected chi connectivity index (χ2v) is 7.03. The summed E-state index contributed by atoms with van der Waals surface area (Å²) in [6, 6.07) is 5.81. The van der Waals surface area contributed by atoms with Gasteiger partial charge in [0.05, 0.1) is 0 Å². The molecule has 1 aromatic heterocycles. The van der Waals surface area contributed by atoms with Crippen LogP contribution in [0.15, 0.2) is 23.6 Å². The van der Waals surface area contributed by atoms with Crippen LogP contribution < -0.4 is 4.74 Å². The van der Waals surface area contributed by atoms with E-state index in [-0.39, 0.29) is 12.5 Å². The van der Waals surface area contributed by atoms with Crippen molar-refractivity contribution in [1.82, 2.24) is 4.90 Å². The van der Waals surface area contributed by atoms with Crippen molar-refractivity contribution in [2.45, 2.75) is 26.8 Å². The fourth-order valence-electron chi connectivity index (χ4n) is 2.81. The van der Waals surface area contributed by atoms with Gasteiger partial charge in [-0.05, 0) is 60.5 Å². The summed E-state index contributed by atoms with van der Waals surface area (Å²) < 4.78 is 5.76. The van der Waals surface area contributed by atoms with Crippen molar-refractivity contribution >= 4 is 28.8 Å². The lowest BCUT2D eigenvalue weighted by molar-refractivity contribution is -0.134. The zero-order valence-electron chi connectivity index (χ0n) is 12.7. The third-order valence-electron chi connectivity index (χ3n) is 3.93. The standard InChI is InChI=1S/C17H18ClNO2S/c1-11-7-14(18)8-12(2)17(11)21-10-16(20)19-5-3-15-13(9-19)4-6-22-15/h4,6-8H,3,5,9-10H2,1-2H3. The van der Waals surface area contributed by atoms with Crippen LogP contribution in [0.25, 0.3) is 0 Å². The number of hydrogen-bond donors (Lipinski definition) is 0. The molecule has 3 rings (SSSR count). The number of halogens is 1. The first kappa shape index (κ1) is 15.4. The minimum Gasteiger partial charge on any atom is -0.483 e. The highest BCUT2D eigenvalue weighted by Crippen LogP contribution is 2.28. The largest absolute Gasteiger partial charge is 0.483 e. The second kappa shape index (κ2) is 6.31. The van der Waals surface area contributed by atoms with Crippen molar-refractivity contribution in [2.75, 3.05) is 13.2 Å². The number of rotatable bonds is 3. The zero-order valence-corrected chi connectivity index (χ0v) is 14.3. The predicted octanol–water partition coefficient (Wildman–Crippen LogP) is 3.98. The number of aryl methyl sites for hydroxylation is 2. The number of fused-ring (bicyclic) bond motifs is 1. The van der Waals surface area contributed by atoms with Gasteiger partial charge in [-0.15, -0.1) is 11.3 Å². The quantitative estimate of drug-likeness (QED) is 0.849. The Kier molecular flexibility index (Phi) is 4.41. The Morgan fingerprint density at radius 2 is 2.09 bits per heavy atom. The third-order valence-corrected chi connectivity index (χ3v) is 5.17. The van der Waals surface area contributed by atoms with Crippen LogP contribution in [0.3, 0.4) is 0 Å². The molecule has 0 N–H and O–H groups in total. The van der Waals surface area contributed by atoms with Crippen molar-refractivity contribution in [3.05, 3.63) is 50.2 Å². The van der Waals surface area contributed by atoms with E-state index in [1.807, 2.05) is 30.9 Å². The normalized spacial score (nSPS) is 13.9. The summed E-state index contributed by atoms with van der Waals surface area (Å²) >= 11 is 7.79. The average Bonchev–Trinajstić information content (AvgIpc) is 2.93. The lowest BCUT2D eigenvalue weighted by Crippen LogP contribution is -2.38. The molecule has 3 nitrogen and oxygen atoms in total. The van der Waals surface area contributed by atoms with Gasteiger partial charge in [-0.2, -0.15) is 0 Å². The minimum absolute atomic E-state index is 0.0330. The van der Waals surface area contributed by atoms with E-state index in [4.69, 9.17) is 16.3 Å². The summed E-state index contributed by atoms with van der Waals surface area (Å²) in [4.78, 5) is 15.6. The van der Waals surface area contributed by atoms with Crippen LogP contribution in [0.1, 0.15) is 21.6 Å². The molecule has 0 spiro atoms. The molecule has 22 heavy (non-hydrogen) atoms. The highest BCUT2D eigenvalue weighted by molar-refractivity contribution is 7.10. The van der Waals surface area contributed by atoms with Gasteiger partial charge in [0.25, 0.3) is 5.91 Å². The first-order valence-corrected chi connectivity index (χ1v) is 8.53. The average molecular weight is 336 g/mol.